The summed E-state index contributed by atoms with van der Waals surface area (Å²) in [6.45, 7) is 1.41. The van der Waals surface area contributed by atoms with Crippen LogP contribution in [0.5, 0.6) is 5.75 Å². The highest BCUT2D eigenvalue weighted by Crippen LogP contribution is 2.42. The summed E-state index contributed by atoms with van der Waals surface area (Å²) >= 11 is 5.96. The number of hydrogen-bond acceptors (Lipinski definition) is 2. The smallest absolute Gasteiger partial charge is 0.335 e. The lowest BCUT2D eigenvalue weighted by atomic mass is 9.93. The van der Waals surface area contributed by atoms with Crippen LogP contribution in [-0.4, -0.2) is 29.8 Å². The molecule has 1 aromatic rings. The minimum absolute atomic E-state index is 0.0529. The molecule has 0 aromatic heterocycles. The van der Waals surface area contributed by atoms with Gasteiger partial charge in [-0.15, -0.1) is 0 Å². The lowest BCUT2D eigenvalue weighted by Gasteiger charge is -2.31. The van der Waals surface area contributed by atoms with Crippen LogP contribution in [-0.2, 0) is 4.79 Å². The van der Waals surface area contributed by atoms with Crippen molar-refractivity contribution in [3.05, 3.63) is 33.4 Å². The Morgan fingerprint density at radius 2 is 2.10 bits per heavy atom. The van der Waals surface area contributed by atoms with E-state index in [2.05, 4.69) is 0 Å². The van der Waals surface area contributed by atoms with Gasteiger partial charge in [0.25, 0.3) is 0 Å². The number of ether oxygens (including phenoxy) is 1. The topological polar surface area (TPSA) is 46.5 Å². The first kappa shape index (κ1) is 15.7. The van der Waals surface area contributed by atoms with E-state index in [1.165, 1.54) is 6.07 Å². The monoisotopic (exact) mass is 320 g/mol. The second kappa shape index (κ2) is 5.26. The lowest BCUT2D eigenvalue weighted by molar-refractivity contribution is -0.139. The van der Waals surface area contributed by atoms with Crippen LogP contribution >= 0.6 is 11.6 Å². The van der Waals surface area contributed by atoms with Gasteiger partial charge in [0.2, 0.25) is 0 Å². The Morgan fingerprint density at radius 1 is 1.48 bits per heavy atom. The van der Waals surface area contributed by atoms with Gasteiger partial charge in [0.15, 0.2) is 12.8 Å². The number of aryl methyl sites for hydroxylation is 1. The summed E-state index contributed by atoms with van der Waals surface area (Å²) < 4.78 is 44.8. The first-order valence-corrected chi connectivity index (χ1v) is 6.42. The fourth-order valence-corrected chi connectivity index (χ4v) is 2.45. The van der Waals surface area contributed by atoms with Gasteiger partial charge < -0.3 is 9.84 Å². The van der Waals surface area contributed by atoms with Gasteiger partial charge in [-0.25, -0.2) is 9.18 Å². The number of carboxylic acid groups (broad SMARTS) is 1. The van der Waals surface area contributed by atoms with Crippen molar-refractivity contribution < 1.29 is 27.8 Å². The van der Waals surface area contributed by atoms with Crippen LogP contribution in [0.4, 0.5) is 13.2 Å². The minimum atomic E-state index is -3.95. The Balaban J connectivity index is 2.67. The predicted octanol–water partition coefficient (Wildman–Crippen LogP) is 3.79. The van der Waals surface area contributed by atoms with Gasteiger partial charge >= 0.3 is 11.9 Å². The van der Waals surface area contributed by atoms with Gasteiger partial charge in [-0.1, -0.05) is 11.6 Å². The van der Waals surface area contributed by atoms with Crippen molar-refractivity contribution in [1.29, 1.82) is 0 Å². The summed E-state index contributed by atoms with van der Waals surface area (Å²) in [4.78, 5) is 11.2. The average Bonchev–Trinajstić information content (AvgIpc) is 2.43. The third kappa shape index (κ3) is 2.60. The van der Waals surface area contributed by atoms with Crippen molar-refractivity contribution in [2.75, 3.05) is 6.67 Å². The summed E-state index contributed by atoms with van der Waals surface area (Å²) in [5.41, 5.74) is 1.05. The maximum absolute atomic E-state index is 13.6. The molecule has 2 rings (SSSR count). The zero-order chi connectivity index (χ0) is 15.9. The molecule has 0 saturated heterocycles. The van der Waals surface area contributed by atoms with Gasteiger partial charge in [0.1, 0.15) is 5.75 Å². The summed E-state index contributed by atoms with van der Waals surface area (Å²) in [7, 11) is 0. The van der Waals surface area contributed by atoms with Gasteiger partial charge in [0.05, 0.1) is 10.6 Å². The number of carbonyl (C=O) groups is 1. The Kier molecular flexibility index (Phi) is 3.93. The normalized spacial score (nSPS) is 17.8. The average molecular weight is 321 g/mol. The molecule has 1 heterocycles. The zero-order valence-corrected chi connectivity index (χ0v) is 12.0. The minimum Gasteiger partial charge on any atom is -0.478 e. The molecule has 7 heteroatoms. The maximum atomic E-state index is 13.6. The number of rotatable bonds is 3. The quantitative estimate of drug-likeness (QED) is 0.921. The van der Waals surface area contributed by atoms with Crippen molar-refractivity contribution >= 4 is 23.6 Å². The summed E-state index contributed by atoms with van der Waals surface area (Å²) in [5, 5.41) is 9.16. The summed E-state index contributed by atoms with van der Waals surface area (Å²) in [6, 6.07) is 1.53. The second-order valence-electron chi connectivity index (χ2n) is 4.84. The van der Waals surface area contributed by atoms with E-state index in [0.717, 1.165) is 11.6 Å². The van der Waals surface area contributed by atoms with Crippen LogP contribution in [0.1, 0.15) is 16.7 Å². The molecule has 1 atom stereocenters. The Labute approximate surface area is 124 Å². The first-order chi connectivity index (χ1) is 9.69. The van der Waals surface area contributed by atoms with E-state index in [-0.39, 0.29) is 10.8 Å². The van der Waals surface area contributed by atoms with Crippen LogP contribution in [0.3, 0.4) is 0 Å². The molecule has 0 bridgehead atoms. The largest absolute Gasteiger partial charge is 0.478 e. The molecule has 0 saturated carbocycles. The predicted molar refractivity (Wildman–Crippen MR) is 71.9 cm³/mol. The molecule has 0 amide bonds. The van der Waals surface area contributed by atoms with Crippen molar-refractivity contribution in [3.63, 3.8) is 0 Å². The van der Waals surface area contributed by atoms with E-state index in [1.54, 1.807) is 13.8 Å². The molecule has 1 unspecified atom stereocenters. The second-order valence-corrected chi connectivity index (χ2v) is 5.25. The Morgan fingerprint density at radius 3 is 2.62 bits per heavy atom. The summed E-state index contributed by atoms with van der Waals surface area (Å²) in [5.74, 6) is -5.59. The number of fused-ring (bicyclic) bond motifs is 1. The van der Waals surface area contributed by atoms with Gasteiger partial charge in [-0.05, 0) is 37.1 Å². The molecule has 21 heavy (non-hydrogen) atoms. The number of aliphatic carboxylic acids is 1. The Bertz CT molecular complexity index is 641. The van der Waals surface area contributed by atoms with E-state index >= 15 is 0 Å². The fraction of sp³-hybridized carbons (Fsp3) is 0.357. The van der Waals surface area contributed by atoms with E-state index in [9.17, 15) is 18.0 Å². The molecule has 114 valence electrons. The molecule has 1 aliphatic rings. The Hall–Kier alpha value is -1.69. The van der Waals surface area contributed by atoms with Gasteiger partial charge in [-0.2, -0.15) is 8.78 Å². The number of hydrogen-bond donors (Lipinski definition) is 1. The maximum Gasteiger partial charge on any atom is 0.335 e. The number of benzene rings is 1. The first-order valence-electron chi connectivity index (χ1n) is 6.04. The molecular weight excluding hydrogens is 309 g/mol. The van der Waals surface area contributed by atoms with E-state index in [0.29, 0.717) is 11.1 Å². The third-order valence-electron chi connectivity index (χ3n) is 3.43. The fourth-order valence-electron chi connectivity index (χ4n) is 2.14. The molecule has 0 radical (unpaired) electrons. The lowest BCUT2D eigenvalue weighted by Crippen LogP contribution is -2.44. The molecule has 0 spiro atoms. The van der Waals surface area contributed by atoms with Gasteiger partial charge in [0, 0.05) is 5.56 Å². The number of halogens is 4. The standard InChI is InChI=1S/C14H12ClF3O3/c1-6-3-10(15)11-8(7(6)2)4-9(13(19)20)12(21-11)14(17,18)5-16/h3-4,12H,5H2,1-2H3,(H,19,20). The van der Waals surface area contributed by atoms with Crippen molar-refractivity contribution in [2.45, 2.75) is 25.9 Å². The molecule has 0 aliphatic carbocycles. The van der Waals surface area contributed by atoms with E-state index < -0.39 is 30.2 Å². The number of alkyl halides is 3. The van der Waals surface area contributed by atoms with Crippen molar-refractivity contribution in [3.8, 4) is 5.75 Å². The third-order valence-corrected chi connectivity index (χ3v) is 3.71. The van der Waals surface area contributed by atoms with Crippen LogP contribution in [0.25, 0.3) is 6.08 Å². The van der Waals surface area contributed by atoms with E-state index in [1.807, 2.05) is 0 Å². The van der Waals surface area contributed by atoms with E-state index in [4.69, 9.17) is 21.4 Å². The molecule has 0 fully saturated rings. The number of carboxylic acids is 1. The SMILES string of the molecule is Cc1cc(Cl)c2c(c1C)C=C(C(=O)O)C(C(F)(F)CF)O2. The molecule has 1 N–H and O–H groups in total. The highest BCUT2D eigenvalue weighted by atomic mass is 35.5. The highest BCUT2D eigenvalue weighted by molar-refractivity contribution is 6.32. The zero-order valence-electron chi connectivity index (χ0n) is 11.2. The van der Waals surface area contributed by atoms with Crippen LogP contribution in [0.2, 0.25) is 5.02 Å². The summed E-state index contributed by atoms with van der Waals surface area (Å²) in [6.07, 6.45) is -1.14. The van der Waals surface area contributed by atoms with Crippen LogP contribution in [0.15, 0.2) is 11.6 Å². The highest BCUT2D eigenvalue weighted by Gasteiger charge is 2.48. The van der Waals surface area contributed by atoms with Crippen molar-refractivity contribution in [2.24, 2.45) is 0 Å². The molecule has 1 aliphatic heterocycles. The molecular formula is C14H12ClF3O3. The molecule has 1 aromatic carbocycles. The van der Waals surface area contributed by atoms with Crippen LogP contribution < -0.4 is 4.74 Å². The van der Waals surface area contributed by atoms with Gasteiger partial charge in [-0.3, -0.25) is 0 Å². The van der Waals surface area contributed by atoms with Crippen LogP contribution in [0, 0.1) is 13.8 Å². The van der Waals surface area contributed by atoms with Crippen molar-refractivity contribution in [1.82, 2.24) is 0 Å². The molecule has 3 nitrogen and oxygen atoms in total.